The van der Waals surface area contributed by atoms with Crippen LogP contribution >= 0.6 is 11.3 Å². The van der Waals surface area contributed by atoms with Crippen molar-refractivity contribution in [3.05, 3.63) is 35.2 Å². The summed E-state index contributed by atoms with van der Waals surface area (Å²) in [4.78, 5) is 16.3. The maximum absolute atomic E-state index is 12.0. The summed E-state index contributed by atoms with van der Waals surface area (Å²) in [6.07, 6.45) is 1.61. The number of benzene rings is 1. The fourth-order valence-corrected chi connectivity index (χ4v) is 3.20. The van der Waals surface area contributed by atoms with Crippen molar-refractivity contribution in [1.29, 1.82) is 0 Å². The number of nitrogens with one attached hydrogen (secondary N) is 3. The average Bonchev–Trinajstić information content (AvgIpc) is 3.09. The van der Waals surface area contributed by atoms with E-state index in [1.165, 1.54) is 11.3 Å². The van der Waals surface area contributed by atoms with Gasteiger partial charge in [0, 0.05) is 29.7 Å². The molecule has 0 bridgehead atoms. The van der Waals surface area contributed by atoms with Crippen LogP contribution in [0.15, 0.2) is 35.2 Å². The first-order valence-electron chi connectivity index (χ1n) is 7.61. The Hall–Kier alpha value is -1.96. The Balaban J connectivity index is 1.56. The van der Waals surface area contributed by atoms with E-state index in [4.69, 9.17) is 0 Å². The van der Waals surface area contributed by atoms with Crippen LogP contribution in [-0.4, -0.2) is 41.4 Å². The molecule has 1 atom stereocenters. The van der Waals surface area contributed by atoms with Gasteiger partial charge in [-0.2, -0.15) is 0 Å². The lowest BCUT2D eigenvalue weighted by atomic mass is 9.94. The lowest BCUT2D eigenvalue weighted by Crippen LogP contribution is -2.53. The van der Waals surface area contributed by atoms with Gasteiger partial charge in [0.1, 0.15) is 0 Å². The number of aliphatic hydroxyl groups is 1. The van der Waals surface area contributed by atoms with Crippen LogP contribution in [0.3, 0.4) is 0 Å². The highest BCUT2D eigenvalue weighted by molar-refractivity contribution is 7.07. The number of aromatic nitrogens is 1. The number of β-amino-alcohol motifs (C(OH)–C–C–N with tert-alkyl or cyclic N) is 1. The van der Waals surface area contributed by atoms with Crippen molar-refractivity contribution >= 4 is 23.1 Å². The van der Waals surface area contributed by atoms with Gasteiger partial charge in [-0.3, -0.25) is 0 Å². The molecule has 23 heavy (non-hydrogen) atoms. The summed E-state index contributed by atoms with van der Waals surface area (Å²) in [5.74, 6) is 0. The van der Waals surface area contributed by atoms with Crippen LogP contribution in [0, 0.1) is 0 Å². The molecule has 0 spiro atoms. The molecule has 6 nitrogen and oxygen atoms in total. The number of carbonyl (C=O) groups is 1. The number of rotatable bonds is 4. The zero-order chi connectivity index (χ0) is 16.1. The van der Waals surface area contributed by atoms with Crippen molar-refractivity contribution in [2.24, 2.45) is 0 Å². The molecule has 1 aromatic carbocycles. The Morgan fingerprint density at radius 3 is 3.13 bits per heavy atom. The molecule has 3 rings (SSSR count). The molecule has 1 aliphatic rings. The quantitative estimate of drug-likeness (QED) is 0.690. The Kier molecular flexibility index (Phi) is 4.90. The minimum Gasteiger partial charge on any atom is -0.387 e. The second kappa shape index (κ2) is 7.08. The monoisotopic (exact) mass is 332 g/mol. The number of carbonyl (C=O) groups excluding carboxylic acids is 1. The van der Waals surface area contributed by atoms with Crippen molar-refractivity contribution in [1.82, 2.24) is 15.6 Å². The average molecular weight is 332 g/mol. The van der Waals surface area contributed by atoms with Crippen molar-refractivity contribution in [3.8, 4) is 11.3 Å². The SMILES string of the molecule is O=C(NC[C@]1(O)CCCNC1)Nc1cccc(-c2cscn2)c1. The molecule has 1 saturated heterocycles. The third kappa shape index (κ3) is 4.28. The topological polar surface area (TPSA) is 86.3 Å². The lowest BCUT2D eigenvalue weighted by molar-refractivity contribution is 0.0198. The predicted molar refractivity (Wildman–Crippen MR) is 91.6 cm³/mol. The number of nitrogens with zero attached hydrogens (tertiary/aromatic N) is 1. The van der Waals surface area contributed by atoms with Gasteiger partial charge in [0.25, 0.3) is 0 Å². The molecule has 0 unspecified atom stereocenters. The molecule has 2 aromatic rings. The van der Waals surface area contributed by atoms with Crippen molar-refractivity contribution < 1.29 is 9.90 Å². The highest BCUT2D eigenvalue weighted by atomic mass is 32.1. The van der Waals surface area contributed by atoms with Gasteiger partial charge in [-0.25, -0.2) is 9.78 Å². The smallest absolute Gasteiger partial charge is 0.319 e. The summed E-state index contributed by atoms with van der Waals surface area (Å²) in [6.45, 7) is 1.65. The zero-order valence-corrected chi connectivity index (χ0v) is 13.5. The van der Waals surface area contributed by atoms with E-state index in [2.05, 4.69) is 20.9 Å². The minimum atomic E-state index is -0.863. The Morgan fingerprint density at radius 1 is 1.48 bits per heavy atom. The van der Waals surface area contributed by atoms with E-state index in [9.17, 15) is 9.90 Å². The third-order valence-electron chi connectivity index (χ3n) is 3.88. The Labute approximate surface area is 139 Å². The van der Waals surface area contributed by atoms with Gasteiger partial charge in [0.05, 0.1) is 16.8 Å². The van der Waals surface area contributed by atoms with Crippen LogP contribution in [0.1, 0.15) is 12.8 Å². The Morgan fingerprint density at radius 2 is 2.39 bits per heavy atom. The normalized spacial score (nSPS) is 20.9. The van der Waals surface area contributed by atoms with Crippen LogP contribution in [0.2, 0.25) is 0 Å². The molecule has 0 saturated carbocycles. The maximum Gasteiger partial charge on any atom is 0.319 e. The number of urea groups is 1. The third-order valence-corrected chi connectivity index (χ3v) is 4.46. The minimum absolute atomic E-state index is 0.234. The van der Waals surface area contributed by atoms with E-state index in [0.717, 1.165) is 24.2 Å². The second-order valence-corrected chi connectivity index (χ2v) is 6.49. The van der Waals surface area contributed by atoms with Crippen LogP contribution in [-0.2, 0) is 0 Å². The molecule has 122 valence electrons. The van der Waals surface area contributed by atoms with E-state index in [1.54, 1.807) is 5.51 Å². The van der Waals surface area contributed by atoms with E-state index in [0.29, 0.717) is 18.7 Å². The van der Waals surface area contributed by atoms with Crippen molar-refractivity contribution in [2.45, 2.75) is 18.4 Å². The number of hydrogen-bond donors (Lipinski definition) is 4. The van der Waals surface area contributed by atoms with E-state index in [1.807, 2.05) is 29.6 Å². The predicted octanol–water partition coefficient (Wildman–Crippen LogP) is 2.05. The van der Waals surface area contributed by atoms with Crippen LogP contribution in [0.4, 0.5) is 10.5 Å². The van der Waals surface area contributed by atoms with E-state index >= 15 is 0 Å². The zero-order valence-electron chi connectivity index (χ0n) is 12.7. The summed E-state index contributed by atoms with van der Waals surface area (Å²) in [7, 11) is 0. The van der Waals surface area contributed by atoms with Gasteiger partial charge in [-0.15, -0.1) is 11.3 Å². The molecule has 7 heteroatoms. The number of hydrogen-bond acceptors (Lipinski definition) is 5. The largest absolute Gasteiger partial charge is 0.387 e. The highest BCUT2D eigenvalue weighted by Gasteiger charge is 2.29. The molecule has 1 fully saturated rings. The van der Waals surface area contributed by atoms with Gasteiger partial charge >= 0.3 is 6.03 Å². The van der Waals surface area contributed by atoms with Crippen LogP contribution in [0.25, 0.3) is 11.3 Å². The summed E-state index contributed by atoms with van der Waals surface area (Å²) in [5, 5.41) is 21.0. The van der Waals surface area contributed by atoms with Gasteiger partial charge < -0.3 is 21.1 Å². The van der Waals surface area contributed by atoms with Gasteiger partial charge in [-0.1, -0.05) is 12.1 Å². The summed E-state index contributed by atoms with van der Waals surface area (Å²) >= 11 is 1.53. The lowest BCUT2D eigenvalue weighted by Gasteiger charge is -2.32. The van der Waals surface area contributed by atoms with Gasteiger partial charge in [-0.05, 0) is 31.5 Å². The molecule has 0 aliphatic carbocycles. The highest BCUT2D eigenvalue weighted by Crippen LogP contribution is 2.22. The summed E-state index contributed by atoms with van der Waals surface area (Å²) < 4.78 is 0. The van der Waals surface area contributed by atoms with E-state index in [-0.39, 0.29) is 12.6 Å². The number of anilines is 1. The molecule has 1 aliphatic heterocycles. The molecule has 2 heterocycles. The van der Waals surface area contributed by atoms with Gasteiger partial charge in [0.15, 0.2) is 0 Å². The first-order valence-corrected chi connectivity index (χ1v) is 8.56. The number of amides is 2. The van der Waals surface area contributed by atoms with Gasteiger partial charge in [0.2, 0.25) is 0 Å². The number of piperidine rings is 1. The molecule has 1 aromatic heterocycles. The van der Waals surface area contributed by atoms with Crippen LogP contribution < -0.4 is 16.0 Å². The van der Waals surface area contributed by atoms with Crippen molar-refractivity contribution in [3.63, 3.8) is 0 Å². The fraction of sp³-hybridized carbons (Fsp3) is 0.375. The molecule has 4 N–H and O–H groups in total. The molecular formula is C16H20N4O2S. The maximum atomic E-state index is 12.0. The number of thiazole rings is 1. The summed E-state index contributed by atoms with van der Waals surface area (Å²) in [6, 6.07) is 7.22. The first kappa shape index (κ1) is 15.9. The van der Waals surface area contributed by atoms with E-state index < -0.39 is 5.60 Å². The molecule has 0 radical (unpaired) electrons. The Bertz CT molecular complexity index is 654. The molecular weight excluding hydrogens is 312 g/mol. The van der Waals surface area contributed by atoms with Crippen molar-refractivity contribution in [2.75, 3.05) is 25.0 Å². The second-order valence-electron chi connectivity index (χ2n) is 5.77. The first-order chi connectivity index (χ1) is 11.1. The fourth-order valence-electron chi connectivity index (χ4n) is 2.63. The van der Waals surface area contributed by atoms with Crippen LogP contribution in [0.5, 0.6) is 0 Å². The summed E-state index contributed by atoms with van der Waals surface area (Å²) in [5.41, 5.74) is 3.46. The standard InChI is InChI=1S/C16H20N4O2S/c21-15(18-10-16(22)5-2-6-17-9-16)20-13-4-1-3-12(7-13)14-8-23-11-19-14/h1,3-4,7-8,11,17,22H,2,5-6,9-10H2,(H2,18,20,21)/t16-/m0/s1. The molecule has 2 amide bonds.